The van der Waals surface area contributed by atoms with Crippen molar-refractivity contribution < 1.29 is 9.90 Å². The highest BCUT2D eigenvalue weighted by atomic mass is 16.4. The standard InChI is InChI=1S/C20H25N3O3/c24-19(25)12-23(11-13-5-6-13)17-8-16(9-17)21-10-15-7-14-3-1-2-4-18(14)22-20(15)26/h1-4,7,13,16-17,21H,5-6,8-12H2,(H,22,26)(H,24,25). The molecule has 0 unspecified atom stereocenters. The molecule has 0 saturated heterocycles. The second-order valence-corrected chi connectivity index (χ2v) is 7.68. The van der Waals surface area contributed by atoms with Crippen LogP contribution < -0.4 is 10.9 Å². The van der Waals surface area contributed by atoms with E-state index in [4.69, 9.17) is 5.11 Å². The van der Waals surface area contributed by atoms with E-state index >= 15 is 0 Å². The summed E-state index contributed by atoms with van der Waals surface area (Å²) in [4.78, 5) is 28.4. The van der Waals surface area contributed by atoms with Crippen LogP contribution in [0.1, 0.15) is 31.2 Å². The number of carboxylic acid groups (broad SMARTS) is 1. The topological polar surface area (TPSA) is 85.4 Å². The monoisotopic (exact) mass is 355 g/mol. The van der Waals surface area contributed by atoms with Crippen LogP contribution in [0.5, 0.6) is 0 Å². The SMILES string of the molecule is O=C(O)CN(CC1CC1)C1CC(NCc2cc3ccccc3[nH]c2=O)C1. The van der Waals surface area contributed by atoms with Gasteiger partial charge in [-0.05, 0) is 49.1 Å². The molecule has 0 aliphatic heterocycles. The van der Waals surface area contributed by atoms with E-state index in [1.54, 1.807) is 0 Å². The van der Waals surface area contributed by atoms with Gasteiger partial charge in [-0.2, -0.15) is 0 Å². The minimum atomic E-state index is -0.746. The number of aromatic nitrogens is 1. The van der Waals surface area contributed by atoms with Crippen LogP contribution in [0.15, 0.2) is 35.1 Å². The minimum Gasteiger partial charge on any atom is -0.480 e. The zero-order valence-corrected chi connectivity index (χ0v) is 14.8. The van der Waals surface area contributed by atoms with E-state index in [1.807, 2.05) is 30.3 Å². The number of para-hydroxylation sites is 1. The van der Waals surface area contributed by atoms with E-state index in [1.165, 1.54) is 12.8 Å². The second kappa shape index (κ2) is 7.21. The van der Waals surface area contributed by atoms with Crippen molar-refractivity contribution in [2.45, 2.75) is 44.3 Å². The highest BCUT2D eigenvalue weighted by molar-refractivity contribution is 5.78. The van der Waals surface area contributed by atoms with Crippen LogP contribution in [0, 0.1) is 5.92 Å². The predicted molar refractivity (Wildman–Crippen MR) is 100 cm³/mol. The highest BCUT2D eigenvalue weighted by Gasteiger charge is 2.36. The molecule has 2 fully saturated rings. The molecule has 6 nitrogen and oxygen atoms in total. The Balaban J connectivity index is 1.32. The van der Waals surface area contributed by atoms with E-state index in [0.29, 0.717) is 24.5 Å². The number of nitrogens with one attached hydrogen (secondary N) is 2. The van der Waals surface area contributed by atoms with E-state index in [0.717, 1.165) is 35.9 Å². The molecule has 0 atom stereocenters. The summed E-state index contributed by atoms with van der Waals surface area (Å²) >= 11 is 0. The Hall–Kier alpha value is -2.18. The first kappa shape index (κ1) is 17.2. The van der Waals surface area contributed by atoms with Gasteiger partial charge in [0.15, 0.2) is 0 Å². The van der Waals surface area contributed by atoms with Gasteiger partial charge in [0.1, 0.15) is 0 Å². The average Bonchev–Trinajstić information content (AvgIpc) is 3.37. The summed E-state index contributed by atoms with van der Waals surface area (Å²) in [5, 5.41) is 13.6. The molecule has 0 spiro atoms. The van der Waals surface area contributed by atoms with Gasteiger partial charge in [-0.1, -0.05) is 18.2 Å². The zero-order chi connectivity index (χ0) is 18.1. The second-order valence-electron chi connectivity index (χ2n) is 7.68. The number of hydrogen-bond acceptors (Lipinski definition) is 4. The molecule has 0 bridgehead atoms. The van der Waals surface area contributed by atoms with Crippen LogP contribution in [-0.4, -0.2) is 46.1 Å². The van der Waals surface area contributed by atoms with Gasteiger partial charge in [-0.15, -0.1) is 0 Å². The normalized spacial score (nSPS) is 22.5. The molecule has 6 heteroatoms. The highest BCUT2D eigenvalue weighted by Crippen LogP contribution is 2.33. The van der Waals surface area contributed by atoms with E-state index in [2.05, 4.69) is 15.2 Å². The Labute approximate surface area is 152 Å². The number of hydrogen-bond donors (Lipinski definition) is 3. The third kappa shape index (κ3) is 3.97. The van der Waals surface area contributed by atoms with Crippen LogP contribution in [0.4, 0.5) is 0 Å². The number of nitrogens with zero attached hydrogens (tertiary/aromatic N) is 1. The van der Waals surface area contributed by atoms with Crippen molar-refractivity contribution in [1.82, 2.24) is 15.2 Å². The summed E-state index contributed by atoms with van der Waals surface area (Å²) in [6, 6.07) is 10.4. The van der Waals surface area contributed by atoms with Gasteiger partial charge < -0.3 is 15.4 Å². The fourth-order valence-electron chi connectivity index (χ4n) is 3.78. The van der Waals surface area contributed by atoms with Gasteiger partial charge >= 0.3 is 5.97 Å². The summed E-state index contributed by atoms with van der Waals surface area (Å²) < 4.78 is 0. The summed E-state index contributed by atoms with van der Waals surface area (Å²) in [7, 11) is 0. The number of rotatable bonds is 8. The van der Waals surface area contributed by atoms with Gasteiger partial charge in [0, 0.05) is 36.3 Å². The number of benzene rings is 1. The first-order valence-corrected chi connectivity index (χ1v) is 9.38. The molecule has 4 rings (SSSR count). The van der Waals surface area contributed by atoms with Crippen LogP contribution >= 0.6 is 0 Å². The molecule has 138 valence electrons. The molecule has 2 aliphatic carbocycles. The van der Waals surface area contributed by atoms with Gasteiger partial charge in [0.05, 0.1) is 6.54 Å². The molecule has 3 N–H and O–H groups in total. The third-order valence-corrected chi connectivity index (χ3v) is 5.57. The van der Waals surface area contributed by atoms with Crippen molar-refractivity contribution >= 4 is 16.9 Å². The maximum Gasteiger partial charge on any atom is 0.317 e. The van der Waals surface area contributed by atoms with Crippen molar-refractivity contribution in [2.75, 3.05) is 13.1 Å². The molecule has 1 aromatic carbocycles. The summed E-state index contributed by atoms with van der Waals surface area (Å²) in [5.74, 6) is -0.0534. The molecule has 2 aromatic rings. The zero-order valence-electron chi connectivity index (χ0n) is 14.8. The smallest absolute Gasteiger partial charge is 0.317 e. The van der Waals surface area contributed by atoms with E-state index in [9.17, 15) is 9.59 Å². The maximum atomic E-state index is 12.2. The summed E-state index contributed by atoms with van der Waals surface area (Å²) in [5.41, 5.74) is 1.55. The van der Waals surface area contributed by atoms with Crippen molar-refractivity contribution in [3.8, 4) is 0 Å². The Morgan fingerprint density at radius 1 is 1.27 bits per heavy atom. The van der Waals surface area contributed by atoms with Crippen LogP contribution in [0.2, 0.25) is 0 Å². The minimum absolute atomic E-state index is 0.0479. The molecule has 0 amide bonds. The first-order valence-electron chi connectivity index (χ1n) is 9.38. The Morgan fingerprint density at radius 2 is 2.04 bits per heavy atom. The molecule has 2 aliphatic rings. The van der Waals surface area contributed by atoms with Gasteiger partial charge in [0.2, 0.25) is 0 Å². The Bertz CT molecular complexity index is 853. The lowest BCUT2D eigenvalue weighted by atomic mass is 9.85. The quantitative estimate of drug-likeness (QED) is 0.674. The molecule has 0 radical (unpaired) electrons. The van der Waals surface area contributed by atoms with E-state index in [-0.39, 0.29) is 12.1 Å². The lowest BCUT2D eigenvalue weighted by Crippen LogP contribution is -2.54. The molecule has 1 aromatic heterocycles. The van der Waals surface area contributed by atoms with Gasteiger partial charge in [0.25, 0.3) is 5.56 Å². The number of aromatic amines is 1. The van der Waals surface area contributed by atoms with Gasteiger partial charge in [-0.3, -0.25) is 14.5 Å². The van der Waals surface area contributed by atoms with Crippen molar-refractivity contribution in [2.24, 2.45) is 5.92 Å². The average molecular weight is 355 g/mol. The fraction of sp³-hybridized carbons (Fsp3) is 0.500. The number of carboxylic acids is 1. The summed E-state index contributed by atoms with van der Waals surface area (Å²) in [6.45, 7) is 1.59. The lowest BCUT2D eigenvalue weighted by Gasteiger charge is -2.43. The molecule has 26 heavy (non-hydrogen) atoms. The maximum absolute atomic E-state index is 12.2. The molecular weight excluding hydrogens is 330 g/mol. The number of H-pyrrole nitrogens is 1. The number of carbonyl (C=O) groups is 1. The number of pyridine rings is 1. The first-order chi connectivity index (χ1) is 12.6. The number of aliphatic carboxylic acids is 1. The van der Waals surface area contributed by atoms with Crippen molar-refractivity contribution in [3.63, 3.8) is 0 Å². The Kier molecular flexibility index (Phi) is 4.78. The molecular formula is C20H25N3O3. The van der Waals surface area contributed by atoms with Crippen molar-refractivity contribution in [1.29, 1.82) is 0 Å². The lowest BCUT2D eigenvalue weighted by molar-refractivity contribution is -0.139. The predicted octanol–water partition coefficient (Wildman–Crippen LogP) is 1.95. The fourth-order valence-corrected chi connectivity index (χ4v) is 3.78. The number of fused-ring (bicyclic) bond motifs is 1. The van der Waals surface area contributed by atoms with Gasteiger partial charge in [-0.25, -0.2) is 0 Å². The van der Waals surface area contributed by atoms with Crippen LogP contribution in [-0.2, 0) is 11.3 Å². The van der Waals surface area contributed by atoms with Crippen LogP contribution in [0.3, 0.4) is 0 Å². The summed E-state index contributed by atoms with van der Waals surface area (Å²) in [6.07, 6.45) is 4.36. The Morgan fingerprint density at radius 3 is 2.77 bits per heavy atom. The third-order valence-electron chi connectivity index (χ3n) is 5.57. The van der Waals surface area contributed by atoms with Crippen molar-refractivity contribution in [3.05, 3.63) is 46.2 Å². The largest absolute Gasteiger partial charge is 0.480 e. The molecule has 2 saturated carbocycles. The molecule has 1 heterocycles. The van der Waals surface area contributed by atoms with Crippen LogP contribution in [0.25, 0.3) is 10.9 Å². The van der Waals surface area contributed by atoms with E-state index < -0.39 is 5.97 Å².